The molecule has 3 heteroatoms. The lowest BCUT2D eigenvalue weighted by Crippen LogP contribution is -1.97. The minimum absolute atomic E-state index is 0.766. The van der Waals surface area contributed by atoms with Gasteiger partial charge in [0, 0.05) is 12.6 Å². The number of anilines is 1. The van der Waals surface area contributed by atoms with Gasteiger partial charge in [-0.3, -0.25) is 4.68 Å². The van der Waals surface area contributed by atoms with Crippen LogP contribution in [0.3, 0.4) is 0 Å². The Labute approximate surface area is 128 Å². The highest BCUT2D eigenvalue weighted by Crippen LogP contribution is 2.30. The van der Waals surface area contributed by atoms with Gasteiger partial charge in [0.1, 0.15) is 5.82 Å². The lowest BCUT2D eigenvalue weighted by molar-refractivity contribution is 0.601. The fraction of sp³-hybridized carbons (Fsp3) is 0.500. The summed E-state index contributed by atoms with van der Waals surface area (Å²) in [6.45, 7) is 2.25. The van der Waals surface area contributed by atoms with Gasteiger partial charge in [0.15, 0.2) is 0 Å². The van der Waals surface area contributed by atoms with E-state index in [1.807, 2.05) is 13.1 Å². The van der Waals surface area contributed by atoms with Gasteiger partial charge in [-0.15, -0.1) is 0 Å². The highest BCUT2D eigenvalue weighted by Gasteiger charge is 2.14. The average molecular weight is 285 g/mol. The lowest BCUT2D eigenvalue weighted by atomic mass is 10.0. The Morgan fingerprint density at radius 1 is 1.00 bits per heavy atom. The van der Waals surface area contributed by atoms with Gasteiger partial charge >= 0.3 is 0 Å². The lowest BCUT2D eigenvalue weighted by Gasteiger charge is -2.04. The molecule has 0 fully saturated rings. The van der Waals surface area contributed by atoms with Crippen molar-refractivity contribution in [1.29, 1.82) is 0 Å². The Morgan fingerprint density at radius 3 is 2.38 bits per heavy atom. The number of aromatic nitrogens is 2. The van der Waals surface area contributed by atoms with Crippen LogP contribution in [-0.2, 0) is 13.5 Å². The maximum absolute atomic E-state index is 6.21. The van der Waals surface area contributed by atoms with E-state index in [4.69, 9.17) is 5.73 Å². The number of rotatable bonds is 8. The second kappa shape index (κ2) is 7.87. The number of benzene rings is 1. The molecule has 0 unspecified atom stereocenters. The molecule has 2 aromatic rings. The SMILES string of the molecule is CCCCCCCCc1nn(C)c(N)c1-c1ccccc1. The molecule has 1 aromatic heterocycles. The predicted octanol–water partition coefficient (Wildman–Crippen LogP) is 4.57. The summed E-state index contributed by atoms with van der Waals surface area (Å²) in [5, 5.41) is 4.61. The smallest absolute Gasteiger partial charge is 0.129 e. The van der Waals surface area contributed by atoms with Gasteiger partial charge in [0.2, 0.25) is 0 Å². The van der Waals surface area contributed by atoms with Crippen molar-refractivity contribution in [3.05, 3.63) is 36.0 Å². The fourth-order valence-corrected chi connectivity index (χ4v) is 2.76. The number of nitrogens with zero attached hydrogens (tertiary/aromatic N) is 2. The van der Waals surface area contributed by atoms with Crippen LogP contribution in [-0.4, -0.2) is 9.78 Å². The van der Waals surface area contributed by atoms with E-state index in [1.54, 1.807) is 4.68 Å². The van der Waals surface area contributed by atoms with Crippen molar-refractivity contribution in [3.8, 4) is 11.1 Å². The topological polar surface area (TPSA) is 43.8 Å². The van der Waals surface area contributed by atoms with E-state index in [0.717, 1.165) is 23.5 Å². The molecule has 21 heavy (non-hydrogen) atoms. The average Bonchev–Trinajstić information content (AvgIpc) is 2.79. The molecule has 1 aromatic carbocycles. The van der Waals surface area contributed by atoms with Crippen LogP contribution in [0.25, 0.3) is 11.1 Å². The summed E-state index contributed by atoms with van der Waals surface area (Å²) in [4.78, 5) is 0. The fourth-order valence-electron chi connectivity index (χ4n) is 2.76. The molecule has 3 nitrogen and oxygen atoms in total. The van der Waals surface area contributed by atoms with E-state index in [1.165, 1.54) is 44.1 Å². The number of nitrogens with two attached hydrogens (primary N) is 1. The van der Waals surface area contributed by atoms with E-state index in [9.17, 15) is 0 Å². The third-order valence-corrected chi connectivity index (χ3v) is 3.99. The highest BCUT2D eigenvalue weighted by molar-refractivity contribution is 5.76. The second-order valence-electron chi connectivity index (χ2n) is 5.71. The molecule has 0 aliphatic carbocycles. The molecule has 0 saturated carbocycles. The van der Waals surface area contributed by atoms with Crippen LogP contribution in [0.4, 0.5) is 5.82 Å². The van der Waals surface area contributed by atoms with Crippen molar-refractivity contribution in [2.24, 2.45) is 7.05 Å². The molecule has 114 valence electrons. The molecule has 0 aliphatic rings. The quantitative estimate of drug-likeness (QED) is 0.722. The molecule has 0 atom stereocenters. The number of aryl methyl sites for hydroxylation is 2. The van der Waals surface area contributed by atoms with Crippen LogP contribution in [0.15, 0.2) is 30.3 Å². The molecule has 1 heterocycles. The van der Waals surface area contributed by atoms with Crippen LogP contribution in [0, 0.1) is 0 Å². The molecule has 0 saturated heterocycles. The number of hydrogen-bond acceptors (Lipinski definition) is 2. The van der Waals surface area contributed by atoms with Gasteiger partial charge in [0.25, 0.3) is 0 Å². The zero-order chi connectivity index (χ0) is 15.1. The first-order chi connectivity index (χ1) is 10.2. The molecule has 0 amide bonds. The summed E-state index contributed by atoms with van der Waals surface area (Å²) in [7, 11) is 1.92. The van der Waals surface area contributed by atoms with Crippen LogP contribution in [0.2, 0.25) is 0 Å². The molecule has 0 spiro atoms. The monoisotopic (exact) mass is 285 g/mol. The summed E-state index contributed by atoms with van der Waals surface area (Å²) in [6, 6.07) is 10.4. The number of unbranched alkanes of at least 4 members (excludes halogenated alkanes) is 5. The summed E-state index contributed by atoms with van der Waals surface area (Å²) < 4.78 is 1.80. The standard InChI is InChI=1S/C18H27N3/c1-3-4-5-6-7-11-14-16-17(18(19)21(2)20-16)15-12-9-8-10-13-15/h8-10,12-13H,3-7,11,14,19H2,1-2H3. The minimum Gasteiger partial charge on any atom is -0.383 e. The van der Waals surface area contributed by atoms with Crippen molar-refractivity contribution in [3.63, 3.8) is 0 Å². The van der Waals surface area contributed by atoms with Gasteiger partial charge in [0.05, 0.1) is 5.69 Å². The van der Waals surface area contributed by atoms with Gasteiger partial charge < -0.3 is 5.73 Å². The largest absolute Gasteiger partial charge is 0.383 e. The maximum Gasteiger partial charge on any atom is 0.129 e. The first-order valence-corrected chi connectivity index (χ1v) is 8.10. The van der Waals surface area contributed by atoms with Gasteiger partial charge in [-0.25, -0.2) is 0 Å². The molecule has 2 N–H and O–H groups in total. The van der Waals surface area contributed by atoms with Crippen molar-refractivity contribution >= 4 is 5.82 Å². The zero-order valence-electron chi connectivity index (χ0n) is 13.3. The van der Waals surface area contributed by atoms with Gasteiger partial charge in [-0.05, 0) is 18.4 Å². The Bertz CT molecular complexity index is 543. The van der Waals surface area contributed by atoms with E-state index < -0.39 is 0 Å². The molecular weight excluding hydrogens is 258 g/mol. The predicted molar refractivity (Wildman–Crippen MR) is 90.1 cm³/mol. The van der Waals surface area contributed by atoms with Crippen LogP contribution < -0.4 is 5.73 Å². The van der Waals surface area contributed by atoms with Gasteiger partial charge in [-0.2, -0.15) is 5.10 Å². The Balaban J connectivity index is 2.01. The molecule has 0 aliphatic heterocycles. The van der Waals surface area contributed by atoms with E-state index >= 15 is 0 Å². The summed E-state index contributed by atoms with van der Waals surface area (Å²) in [5.74, 6) is 0.766. The van der Waals surface area contributed by atoms with Crippen molar-refractivity contribution in [1.82, 2.24) is 9.78 Å². The minimum atomic E-state index is 0.766. The molecule has 0 bridgehead atoms. The van der Waals surface area contributed by atoms with E-state index in [2.05, 4.69) is 36.3 Å². The third-order valence-electron chi connectivity index (χ3n) is 3.99. The Morgan fingerprint density at radius 2 is 1.67 bits per heavy atom. The van der Waals surface area contributed by atoms with Crippen LogP contribution in [0.1, 0.15) is 51.1 Å². The maximum atomic E-state index is 6.21. The van der Waals surface area contributed by atoms with Gasteiger partial charge in [-0.1, -0.05) is 69.4 Å². The second-order valence-corrected chi connectivity index (χ2v) is 5.71. The number of nitrogen functional groups attached to an aromatic ring is 1. The van der Waals surface area contributed by atoms with Crippen molar-refractivity contribution < 1.29 is 0 Å². The van der Waals surface area contributed by atoms with Crippen LogP contribution >= 0.6 is 0 Å². The van der Waals surface area contributed by atoms with Crippen molar-refractivity contribution in [2.75, 3.05) is 5.73 Å². The first-order valence-electron chi connectivity index (χ1n) is 8.10. The summed E-state index contributed by atoms with van der Waals surface area (Å²) >= 11 is 0. The van der Waals surface area contributed by atoms with E-state index in [-0.39, 0.29) is 0 Å². The molecular formula is C18H27N3. The van der Waals surface area contributed by atoms with Crippen LogP contribution in [0.5, 0.6) is 0 Å². The van der Waals surface area contributed by atoms with Crippen molar-refractivity contribution in [2.45, 2.75) is 51.9 Å². The zero-order valence-corrected chi connectivity index (χ0v) is 13.3. The molecule has 2 rings (SSSR count). The molecule has 0 radical (unpaired) electrons. The third kappa shape index (κ3) is 4.10. The Hall–Kier alpha value is -1.77. The first kappa shape index (κ1) is 15.6. The number of hydrogen-bond donors (Lipinski definition) is 1. The normalized spacial score (nSPS) is 11.0. The van der Waals surface area contributed by atoms with E-state index in [0.29, 0.717) is 0 Å². The summed E-state index contributed by atoms with van der Waals surface area (Å²) in [5.41, 5.74) is 9.63. The summed E-state index contributed by atoms with van der Waals surface area (Å²) in [6.07, 6.45) is 8.83. The highest BCUT2D eigenvalue weighted by atomic mass is 15.3. The Kier molecular flexibility index (Phi) is 5.85.